The standard InChI is InChI=1S/C22H26ClN3O3/c1-14-11-16(12-15(2)21(14)23)29-13-25-9-7-18(24-25)22(28)26-10-8-20(27)17-5-3-4-6-19(17)26/h7,9,11-12,17,19H,3-6,8,10,13H2,1-2H3/t17-,19-/m1/s1. The van der Waals surface area contributed by atoms with Crippen LogP contribution in [0, 0.1) is 19.8 Å². The molecule has 29 heavy (non-hydrogen) atoms. The van der Waals surface area contributed by atoms with Crippen molar-refractivity contribution >= 4 is 23.3 Å². The lowest BCUT2D eigenvalue weighted by molar-refractivity contribution is -0.129. The van der Waals surface area contributed by atoms with Crippen LogP contribution in [0.5, 0.6) is 5.75 Å². The lowest BCUT2D eigenvalue weighted by Crippen LogP contribution is -2.53. The molecule has 0 unspecified atom stereocenters. The molecule has 2 aliphatic rings. The van der Waals surface area contributed by atoms with Crippen molar-refractivity contribution in [2.45, 2.75) is 58.7 Å². The second-order valence-corrected chi connectivity index (χ2v) is 8.44. The van der Waals surface area contributed by atoms with Crippen LogP contribution in [0.4, 0.5) is 0 Å². The molecule has 0 radical (unpaired) electrons. The van der Waals surface area contributed by atoms with Gasteiger partial charge in [0.2, 0.25) is 0 Å². The van der Waals surface area contributed by atoms with Gasteiger partial charge < -0.3 is 9.64 Å². The molecule has 2 aromatic rings. The van der Waals surface area contributed by atoms with Gasteiger partial charge in [-0.3, -0.25) is 9.59 Å². The van der Waals surface area contributed by atoms with E-state index in [1.807, 2.05) is 30.9 Å². The number of benzene rings is 1. The van der Waals surface area contributed by atoms with Crippen LogP contribution in [0.2, 0.25) is 5.02 Å². The van der Waals surface area contributed by atoms with Gasteiger partial charge in [-0.15, -0.1) is 0 Å². The fourth-order valence-electron chi connectivity index (χ4n) is 4.52. The summed E-state index contributed by atoms with van der Waals surface area (Å²) in [7, 11) is 0. The summed E-state index contributed by atoms with van der Waals surface area (Å²) >= 11 is 6.20. The smallest absolute Gasteiger partial charge is 0.274 e. The van der Waals surface area contributed by atoms with E-state index in [1.165, 1.54) is 0 Å². The third kappa shape index (κ3) is 4.04. The predicted octanol–water partition coefficient (Wildman–Crippen LogP) is 4.16. The number of amides is 1. The van der Waals surface area contributed by atoms with Crippen LogP contribution in [-0.2, 0) is 11.5 Å². The van der Waals surface area contributed by atoms with E-state index >= 15 is 0 Å². The Morgan fingerprint density at radius 3 is 2.72 bits per heavy atom. The molecule has 0 spiro atoms. The molecular weight excluding hydrogens is 390 g/mol. The highest BCUT2D eigenvalue weighted by molar-refractivity contribution is 6.32. The van der Waals surface area contributed by atoms with E-state index in [2.05, 4.69) is 5.10 Å². The topological polar surface area (TPSA) is 64.4 Å². The summed E-state index contributed by atoms with van der Waals surface area (Å²) < 4.78 is 7.43. The number of aryl methyl sites for hydroxylation is 2. The monoisotopic (exact) mass is 415 g/mol. The largest absolute Gasteiger partial charge is 0.471 e. The maximum absolute atomic E-state index is 13.1. The molecule has 154 valence electrons. The van der Waals surface area contributed by atoms with E-state index < -0.39 is 0 Å². The minimum atomic E-state index is -0.0914. The van der Waals surface area contributed by atoms with Crippen LogP contribution in [0.1, 0.15) is 53.7 Å². The zero-order valence-electron chi connectivity index (χ0n) is 16.9. The normalized spacial score (nSPS) is 21.8. The highest BCUT2D eigenvalue weighted by atomic mass is 35.5. The molecule has 1 aromatic heterocycles. The number of carbonyl (C=O) groups excluding carboxylic acids is 2. The number of carbonyl (C=O) groups is 2. The van der Waals surface area contributed by atoms with Gasteiger partial charge in [-0.25, -0.2) is 4.68 Å². The van der Waals surface area contributed by atoms with Crippen molar-refractivity contribution in [3.63, 3.8) is 0 Å². The Morgan fingerprint density at radius 2 is 1.97 bits per heavy atom. The Hall–Kier alpha value is -2.34. The summed E-state index contributed by atoms with van der Waals surface area (Å²) in [6, 6.07) is 5.52. The minimum absolute atomic E-state index is 0.00301. The molecule has 4 rings (SSSR count). The Labute approximate surface area is 175 Å². The first kappa shape index (κ1) is 20.0. The molecule has 2 heterocycles. The Bertz CT molecular complexity index is 916. The molecule has 7 heteroatoms. The summed E-state index contributed by atoms with van der Waals surface area (Å²) in [4.78, 5) is 27.2. The number of halogens is 1. The molecule has 1 aliphatic heterocycles. The number of aromatic nitrogens is 2. The van der Waals surface area contributed by atoms with Crippen LogP contribution in [0.15, 0.2) is 24.4 Å². The zero-order valence-corrected chi connectivity index (χ0v) is 17.6. The number of likely N-dealkylation sites (tertiary alicyclic amines) is 1. The van der Waals surface area contributed by atoms with E-state index in [9.17, 15) is 9.59 Å². The second kappa shape index (κ2) is 8.19. The molecule has 1 saturated heterocycles. The third-order valence-corrected chi connectivity index (χ3v) is 6.63. The van der Waals surface area contributed by atoms with Gasteiger partial charge in [0.1, 0.15) is 11.5 Å². The van der Waals surface area contributed by atoms with Crippen molar-refractivity contribution in [3.05, 3.63) is 46.2 Å². The van der Waals surface area contributed by atoms with E-state index in [0.29, 0.717) is 30.2 Å². The van der Waals surface area contributed by atoms with Gasteiger partial charge >= 0.3 is 0 Å². The minimum Gasteiger partial charge on any atom is -0.471 e. The van der Waals surface area contributed by atoms with Gasteiger partial charge in [0.25, 0.3) is 5.91 Å². The van der Waals surface area contributed by atoms with Crippen molar-refractivity contribution in [1.82, 2.24) is 14.7 Å². The second-order valence-electron chi connectivity index (χ2n) is 8.06. The van der Waals surface area contributed by atoms with Crippen molar-refractivity contribution in [1.29, 1.82) is 0 Å². The SMILES string of the molecule is Cc1cc(OCn2ccc(C(=O)N3CCC(=O)[C@@H]4CCCC[C@H]43)n2)cc(C)c1Cl. The Kier molecular flexibility index (Phi) is 5.63. The molecule has 1 amide bonds. The van der Waals surface area contributed by atoms with Crippen molar-refractivity contribution in [2.24, 2.45) is 5.92 Å². The maximum Gasteiger partial charge on any atom is 0.274 e. The summed E-state index contributed by atoms with van der Waals surface area (Å²) in [5, 5.41) is 5.15. The summed E-state index contributed by atoms with van der Waals surface area (Å²) in [5.74, 6) is 0.938. The molecule has 2 fully saturated rings. The number of Topliss-reactive ketones (excluding diaryl/α,β-unsaturated/α-hetero) is 1. The van der Waals surface area contributed by atoms with E-state index in [0.717, 1.165) is 41.8 Å². The Balaban J connectivity index is 1.43. The number of piperidine rings is 1. The van der Waals surface area contributed by atoms with E-state index in [1.54, 1.807) is 16.9 Å². The molecule has 1 saturated carbocycles. The Morgan fingerprint density at radius 1 is 1.24 bits per heavy atom. The predicted molar refractivity (Wildman–Crippen MR) is 110 cm³/mol. The van der Waals surface area contributed by atoms with Gasteiger partial charge in [0.15, 0.2) is 12.4 Å². The molecule has 6 nitrogen and oxygen atoms in total. The van der Waals surface area contributed by atoms with Crippen molar-refractivity contribution < 1.29 is 14.3 Å². The first-order chi connectivity index (χ1) is 13.9. The number of rotatable bonds is 4. The summed E-state index contributed by atoms with van der Waals surface area (Å²) in [5.41, 5.74) is 2.31. The number of fused-ring (bicyclic) bond motifs is 1. The fourth-order valence-corrected chi connectivity index (χ4v) is 4.63. The molecule has 1 aromatic carbocycles. The van der Waals surface area contributed by atoms with Gasteiger partial charge in [-0.2, -0.15) is 5.10 Å². The molecule has 0 N–H and O–H groups in total. The fraction of sp³-hybridized carbons (Fsp3) is 0.500. The van der Waals surface area contributed by atoms with Crippen molar-refractivity contribution in [3.8, 4) is 5.75 Å². The quantitative estimate of drug-likeness (QED) is 0.751. The molecular formula is C22H26ClN3O3. The van der Waals surface area contributed by atoms with E-state index in [4.69, 9.17) is 16.3 Å². The third-order valence-electron chi connectivity index (χ3n) is 6.04. The van der Waals surface area contributed by atoms with Crippen LogP contribution in [0.3, 0.4) is 0 Å². The lowest BCUT2D eigenvalue weighted by atomic mass is 9.77. The maximum atomic E-state index is 13.1. The van der Waals surface area contributed by atoms with Crippen molar-refractivity contribution in [2.75, 3.05) is 6.54 Å². The number of ketones is 1. The van der Waals surface area contributed by atoms with Gasteiger partial charge in [-0.1, -0.05) is 24.4 Å². The average molecular weight is 416 g/mol. The first-order valence-electron chi connectivity index (χ1n) is 10.2. The first-order valence-corrected chi connectivity index (χ1v) is 10.6. The van der Waals surface area contributed by atoms with E-state index in [-0.39, 0.29) is 24.6 Å². The zero-order chi connectivity index (χ0) is 20.5. The molecule has 2 atom stereocenters. The number of nitrogens with zero attached hydrogens (tertiary/aromatic N) is 3. The van der Waals surface area contributed by atoms with Crippen LogP contribution in [-0.4, -0.2) is 39.0 Å². The number of hydrogen-bond acceptors (Lipinski definition) is 4. The van der Waals surface area contributed by atoms with Gasteiger partial charge in [0.05, 0.1) is 0 Å². The summed E-state index contributed by atoms with van der Waals surface area (Å²) in [6.07, 6.45) is 6.14. The lowest BCUT2D eigenvalue weighted by Gasteiger charge is -2.42. The van der Waals surface area contributed by atoms with Crippen LogP contribution in [0.25, 0.3) is 0 Å². The number of hydrogen-bond donors (Lipinski definition) is 0. The average Bonchev–Trinajstić information content (AvgIpc) is 3.19. The molecule has 1 aliphatic carbocycles. The summed E-state index contributed by atoms with van der Waals surface area (Å²) in [6.45, 7) is 4.58. The van der Waals surface area contributed by atoms with Crippen LogP contribution < -0.4 is 4.74 Å². The van der Waals surface area contributed by atoms with Gasteiger partial charge in [-0.05, 0) is 56.0 Å². The van der Waals surface area contributed by atoms with Gasteiger partial charge in [0, 0.05) is 36.1 Å². The molecule has 0 bridgehead atoms. The highest BCUT2D eigenvalue weighted by Crippen LogP contribution is 2.34. The highest BCUT2D eigenvalue weighted by Gasteiger charge is 2.41. The number of ether oxygens (including phenoxy) is 1. The van der Waals surface area contributed by atoms with Crippen LogP contribution >= 0.6 is 11.6 Å².